The van der Waals surface area contributed by atoms with Crippen molar-refractivity contribution in [1.29, 1.82) is 0 Å². The smallest absolute Gasteiger partial charge is 0.342 e. The molecule has 0 radical (unpaired) electrons. The fourth-order valence-electron chi connectivity index (χ4n) is 2.43. The van der Waals surface area contributed by atoms with Crippen molar-refractivity contribution >= 4 is 22.6 Å². The highest BCUT2D eigenvalue weighted by molar-refractivity contribution is 6.08. The van der Waals surface area contributed by atoms with Crippen LogP contribution in [0.4, 0.5) is 10.1 Å². The molecule has 0 saturated carbocycles. The Morgan fingerprint density at radius 3 is 2.64 bits per heavy atom. The van der Waals surface area contributed by atoms with Crippen molar-refractivity contribution in [3.8, 4) is 5.75 Å². The summed E-state index contributed by atoms with van der Waals surface area (Å²) in [6.45, 7) is 0.00372. The molecule has 128 valence electrons. The molecule has 1 N–H and O–H groups in total. The summed E-state index contributed by atoms with van der Waals surface area (Å²) in [5.41, 5.74) is 0.110. The van der Waals surface area contributed by atoms with E-state index in [0.29, 0.717) is 6.42 Å². The summed E-state index contributed by atoms with van der Waals surface area (Å²) in [7, 11) is 0. The molecule has 25 heavy (non-hydrogen) atoms. The molecular weight excluding hydrogens is 333 g/mol. The van der Waals surface area contributed by atoms with Crippen LogP contribution in [0.2, 0.25) is 0 Å². The molecule has 0 amide bonds. The molecule has 0 bridgehead atoms. The number of aromatic hydroxyl groups is 1. The first-order chi connectivity index (χ1) is 12.0. The second-order valence-electron chi connectivity index (χ2n) is 5.23. The van der Waals surface area contributed by atoms with E-state index in [1.165, 1.54) is 18.2 Å². The average molecular weight is 345 g/mol. The Morgan fingerprint density at radius 2 is 1.96 bits per heavy atom. The van der Waals surface area contributed by atoms with Crippen molar-refractivity contribution in [3.63, 3.8) is 0 Å². The van der Waals surface area contributed by atoms with E-state index in [1.807, 2.05) is 0 Å². The van der Waals surface area contributed by atoms with Crippen molar-refractivity contribution in [2.75, 3.05) is 6.61 Å². The Hall–Kier alpha value is -3.42. The van der Waals surface area contributed by atoms with Crippen molar-refractivity contribution in [3.05, 3.63) is 69.7 Å². The van der Waals surface area contributed by atoms with Crippen LogP contribution in [-0.2, 0) is 11.2 Å². The lowest BCUT2D eigenvalue weighted by Gasteiger charge is -2.04. The highest BCUT2D eigenvalue weighted by atomic mass is 19.1. The molecule has 0 fully saturated rings. The minimum atomic E-state index is -0.811. The third-order valence-corrected chi connectivity index (χ3v) is 3.63. The lowest BCUT2D eigenvalue weighted by molar-refractivity contribution is -0.384. The van der Waals surface area contributed by atoms with E-state index in [9.17, 15) is 24.4 Å². The van der Waals surface area contributed by atoms with Crippen molar-refractivity contribution < 1.29 is 28.4 Å². The van der Waals surface area contributed by atoms with Gasteiger partial charge in [-0.3, -0.25) is 10.1 Å². The monoisotopic (exact) mass is 345 g/mol. The maximum Gasteiger partial charge on any atom is 0.342 e. The number of nitro groups is 1. The average Bonchev–Trinajstić information content (AvgIpc) is 3.00. The molecule has 3 aromatic rings. The van der Waals surface area contributed by atoms with Crippen LogP contribution in [0.3, 0.4) is 0 Å². The molecule has 0 aliphatic rings. The molecule has 0 atom stereocenters. The van der Waals surface area contributed by atoms with Crippen molar-refractivity contribution in [1.82, 2.24) is 0 Å². The van der Waals surface area contributed by atoms with Gasteiger partial charge in [0.05, 0.1) is 11.5 Å². The third kappa shape index (κ3) is 3.27. The minimum absolute atomic E-state index is 0.00372. The molecule has 0 spiro atoms. The first-order valence-corrected chi connectivity index (χ1v) is 7.26. The van der Waals surface area contributed by atoms with E-state index in [-0.39, 0.29) is 29.0 Å². The van der Waals surface area contributed by atoms with Gasteiger partial charge >= 0.3 is 11.7 Å². The Bertz CT molecular complexity index is 948. The Labute approximate surface area is 140 Å². The molecule has 0 unspecified atom stereocenters. The second kappa shape index (κ2) is 6.60. The molecular formula is C17H12FNO6. The van der Waals surface area contributed by atoms with Crippen LogP contribution < -0.4 is 0 Å². The zero-order chi connectivity index (χ0) is 18.0. The number of phenols is 1. The van der Waals surface area contributed by atoms with Crippen LogP contribution in [0, 0.1) is 15.9 Å². The summed E-state index contributed by atoms with van der Waals surface area (Å²) in [6, 6.07) is 8.18. The number of fused-ring (bicyclic) bond motifs is 1. The number of hydrogen-bond acceptors (Lipinski definition) is 6. The molecule has 3 rings (SSSR count). The SMILES string of the molecule is O=C(OCCc1ccc(F)cc1)c1coc2ccc(O)c([N+](=O)[O-])c12. The fraction of sp³-hybridized carbons (Fsp3) is 0.118. The number of benzene rings is 2. The Morgan fingerprint density at radius 1 is 1.24 bits per heavy atom. The van der Waals surface area contributed by atoms with Crippen LogP contribution in [0.15, 0.2) is 47.1 Å². The standard InChI is InChI=1S/C17H12FNO6/c18-11-3-1-10(2-4-11)7-8-24-17(21)12-9-25-14-6-5-13(20)16(15(12)14)19(22)23/h1-6,9,20H,7-8H2. The Kier molecular flexibility index (Phi) is 4.34. The zero-order valence-corrected chi connectivity index (χ0v) is 12.8. The number of nitro benzene ring substituents is 1. The van der Waals surface area contributed by atoms with Gasteiger partial charge in [-0.15, -0.1) is 0 Å². The van der Waals surface area contributed by atoms with Gasteiger partial charge in [-0.1, -0.05) is 12.1 Å². The van der Waals surface area contributed by atoms with Crippen molar-refractivity contribution in [2.24, 2.45) is 0 Å². The summed E-state index contributed by atoms with van der Waals surface area (Å²) < 4.78 is 23.1. The maximum atomic E-state index is 12.8. The number of nitrogens with zero attached hydrogens (tertiary/aromatic N) is 1. The van der Waals surface area contributed by atoms with Gasteiger partial charge in [0.1, 0.15) is 28.6 Å². The third-order valence-electron chi connectivity index (χ3n) is 3.63. The van der Waals surface area contributed by atoms with Gasteiger partial charge in [-0.2, -0.15) is 0 Å². The number of hydrogen-bond donors (Lipinski definition) is 1. The number of phenolic OH excluding ortho intramolecular Hbond substituents is 1. The number of rotatable bonds is 5. The number of carbonyl (C=O) groups is 1. The fourth-order valence-corrected chi connectivity index (χ4v) is 2.43. The van der Waals surface area contributed by atoms with E-state index in [0.717, 1.165) is 17.9 Å². The van der Waals surface area contributed by atoms with Crippen molar-refractivity contribution in [2.45, 2.75) is 6.42 Å². The van der Waals surface area contributed by atoms with Crippen LogP contribution in [0.1, 0.15) is 15.9 Å². The quantitative estimate of drug-likeness (QED) is 0.431. The molecule has 7 nitrogen and oxygen atoms in total. The maximum absolute atomic E-state index is 12.8. The highest BCUT2D eigenvalue weighted by Crippen LogP contribution is 2.37. The molecule has 8 heteroatoms. The Balaban J connectivity index is 1.79. The summed E-state index contributed by atoms with van der Waals surface area (Å²) >= 11 is 0. The van der Waals surface area contributed by atoms with E-state index in [4.69, 9.17) is 9.15 Å². The highest BCUT2D eigenvalue weighted by Gasteiger charge is 2.27. The molecule has 1 aromatic heterocycles. The number of halogens is 1. The summed E-state index contributed by atoms with van der Waals surface area (Å²) in [5, 5.41) is 20.7. The normalized spacial score (nSPS) is 10.8. The van der Waals surface area contributed by atoms with E-state index < -0.39 is 22.3 Å². The molecule has 2 aromatic carbocycles. The van der Waals surface area contributed by atoms with Crippen LogP contribution in [0.5, 0.6) is 5.75 Å². The van der Waals surface area contributed by atoms with Crippen LogP contribution in [0.25, 0.3) is 11.0 Å². The predicted octanol–water partition coefficient (Wildman–Crippen LogP) is 3.59. The van der Waals surface area contributed by atoms with Gasteiger partial charge in [0.15, 0.2) is 5.75 Å². The second-order valence-corrected chi connectivity index (χ2v) is 5.23. The lowest BCUT2D eigenvalue weighted by atomic mass is 10.1. The number of furan rings is 1. The molecule has 1 heterocycles. The molecule has 0 saturated heterocycles. The number of esters is 1. The largest absolute Gasteiger partial charge is 0.502 e. The van der Waals surface area contributed by atoms with E-state index >= 15 is 0 Å². The minimum Gasteiger partial charge on any atom is -0.502 e. The first kappa shape index (κ1) is 16.4. The van der Waals surface area contributed by atoms with Gasteiger partial charge in [0.2, 0.25) is 0 Å². The zero-order valence-electron chi connectivity index (χ0n) is 12.8. The van der Waals surface area contributed by atoms with Gasteiger partial charge < -0.3 is 14.3 Å². The van der Waals surface area contributed by atoms with Crippen LogP contribution in [-0.4, -0.2) is 22.6 Å². The van der Waals surface area contributed by atoms with Gasteiger partial charge in [-0.25, -0.2) is 9.18 Å². The van der Waals surface area contributed by atoms with E-state index in [2.05, 4.69) is 0 Å². The lowest BCUT2D eigenvalue weighted by Crippen LogP contribution is -2.08. The first-order valence-electron chi connectivity index (χ1n) is 7.26. The van der Waals surface area contributed by atoms with Gasteiger partial charge in [0.25, 0.3) is 0 Å². The van der Waals surface area contributed by atoms with Crippen LogP contribution >= 0.6 is 0 Å². The number of ether oxygens (including phenoxy) is 1. The predicted molar refractivity (Wildman–Crippen MR) is 84.9 cm³/mol. The molecule has 0 aliphatic heterocycles. The summed E-state index contributed by atoms with van der Waals surface area (Å²) in [5.74, 6) is -1.74. The summed E-state index contributed by atoms with van der Waals surface area (Å²) in [4.78, 5) is 22.6. The van der Waals surface area contributed by atoms with Gasteiger partial charge in [-0.05, 0) is 29.8 Å². The summed E-state index contributed by atoms with van der Waals surface area (Å²) in [6.07, 6.45) is 1.41. The number of carbonyl (C=O) groups excluding carboxylic acids is 1. The molecule has 0 aliphatic carbocycles. The van der Waals surface area contributed by atoms with Gasteiger partial charge in [0, 0.05) is 6.42 Å². The van der Waals surface area contributed by atoms with E-state index in [1.54, 1.807) is 12.1 Å². The topological polar surface area (TPSA) is 103 Å².